The molecule has 1 saturated heterocycles. The maximum atomic E-state index is 12.4. The van der Waals surface area contributed by atoms with E-state index >= 15 is 0 Å². The highest BCUT2D eigenvalue weighted by Gasteiger charge is 2.22. The molecule has 126 valence electrons. The van der Waals surface area contributed by atoms with Gasteiger partial charge in [-0.05, 0) is 34.6 Å². The van der Waals surface area contributed by atoms with Crippen LogP contribution >= 0.6 is 15.9 Å². The van der Waals surface area contributed by atoms with Gasteiger partial charge in [0.1, 0.15) is 0 Å². The van der Waals surface area contributed by atoms with Crippen molar-refractivity contribution in [2.45, 2.75) is 20.3 Å². The van der Waals surface area contributed by atoms with Crippen LogP contribution in [0.2, 0.25) is 0 Å². The molecule has 1 aliphatic heterocycles. The zero-order chi connectivity index (χ0) is 16.8. The Kier molecular flexibility index (Phi) is 6.59. The number of nitrogens with zero attached hydrogens (tertiary/aromatic N) is 3. The molecule has 0 bridgehead atoms. The third-order valence-electron chi connectivity index (χ3n) is 4.24. The molecule has 6 heteroatoms. The Morgan fingerprint density at radius 2 is 1.83 bits per heavy atom. The van der Waals surface area contributed by atoms with Crippen LogP contribution in [0, 0.1) is 0 Å². The van der Waals surface area contributed by atoms with E-state index in [0.29, 0.717) is 13.0 Å². The Balaban J connectivity index is 1.93. The van der Waals surface area contributed by atoms with E-state index in [4.69, 9.17) is 0 Å². The van der Waals surface area contributed by atoms with E-state index in [2.05, 4.69) is 27.8 Å². The summed E-state index contributed by atoms with van der Waals surface area (Å²) in [6.45, 7) is 8.53. The van der Waals surface area contributed by atoms with Crippen molar-refractivity contribution < 1.29 is 9.59 Å². The van der Waals surface area contributed by atoms with Gasteiger partial charge in [0.05, 0.1) is 5.69 Å². The first-order valence-electron chi connectivity index (χ1n) is 8.05. The fraction of sp³-hybridized carbons (Fsp3) is 0.529. The number of piperazine rings is 1. The van der Waals surface area contributed by atoms with Crippen molar-refractivity contribution in [2.24, 2.45) is 0 Å². The number of likely N-dealkylation sites (N-methyl/N-ethyl adjacent to an activating group) is 1. The average molecular weight is 382 g/mol. The minimum Gasteiger partial charge on any atom is -0.340 e. The number of hydrogen-bond donors (Lipinski definition) is 0. The lowest BCUT2D eigenvalue weighted by atomic mass is 10.2. The van der Waals surface area contributed by atoms with Crippen molar-refractivity contribution in [3.05, 3.63) is 28.7 Å². The predicted molar refractivity (Wildman–Crippen MR) is 95.5 cm³/mol. The first-order chi connectivity index (χ1) is 11.0. The molecule has 5 nitrogen and oxygen atoms in total. The Morgan fingerprint density at radius 1 is 1.17 bits per heavy atom. The second-order valence-corrected chi connectivity index (χ2v) is 6.54. The number of rotatable bonds is 5. The molecule has 23 heavy (non-hydrogen) atoms. The summed E-state index contributed by atoms with van der Waals surface area (Å²) in [6, 6.07) is 7.58. The van der Waals surface area contributed by atoms with Crippen molar-refractivity contribution in [1.82, 2.24) is 9.80 Å². The lowest BCUT2D eigenvalue weighted by Gasteiger charge is -2.34. The molecule has 1 aromatic carbocycles. The van der Waals surface area contributed by atoms with Gasteiger partial charge in [0.25, 0.3) is 0 Å². The van der Waals surface area contributed by atoms with Gasteiger partial charge in [-0.1, -0.05) is 19.1 Å². The average Bonchev–Trinajstić information content (AvgIpc) is 2.56. The molecule has 2 amide bonds. The van der Waals surface area contributed by atoms with Crippen LogP contribution in [0.5, 0.6) is 0 Å². The highest BCUT2D eigenvalue weighted by atomic mass is 79.9. The number of carbonyl (C=O) groups excluding carboxylic acids is 2. The number of halogens is 1. The summed E-state index contributed by atoms with van der Waals surface area (Å²) in [4.78, 5) is 30.2. The lowest BCUT2D eigenvalue weighted by Crippen LogP contribution is -2.49. The molecule has 0 aromatic heterocycles. The predicted octanol–water partition coefficient (Wildman–Crippen LogP) is 2.36. The first-order valence-corrected chi connectivity index (χ1v) is 8.85. The van der Waals surface area contributed by atoms with Crippen LogP contribution in [0.25, 0.3) is 0 Å². The molecule has 0 radical (unpaired) electrons. The van der Waals surface area contributed by atoms with Crippen LogP contribution in [-0.4, -0.2) is 60.9 Å². The third-order valence-corrected chi connectivity index (χ3v) is 4.92. The summed E-state index contributed by atoms with van der Waals surface area (Å²) >= 11 is 3.47. The highest BCUT2D eigenvalue weighted by Crippen LogP contribution is 2.26. The van der Waals surface area contributed by atoms with Gasteiger partial charge in [-0.25, -0.2) is 0 Å². The second kappa shape index (κ2) is 8.45. The maximum absolute atomic E-state index is 12.4. The fourth-order valence-electron chi connectivity index (χ4n) is 2.80. The molecule has 1 aliphatic rings. The van der Waals surface area contributed by atoms with E-state index in [1.54, 1.807) is 4.90 Å². The number of para-hydroxylation sites is 1. The van der Waals surface area contributed by atoms with E-state index in [9.17, 15) is 9.59 Å². The summed E-state index contributed by atoms with van der Waals surface area (Å²) in [5, 5.41) is 0. The number of amides is 2. The second-order valence-electron chi connectivity index (χ2n) is 5.69. The Morgan fingerprint density at radius 3 is 2.39 bits per heavy atom. The zero-order valence-corrected chi connectivity index (χ0v) is 15.4. The van der Waals surface area contributed by atoms with Gasteiger partial charge < -0.3 is 14.7 Å². The molecule has 0 unspecified atom stereocenters. The maximum Gasteiger partial charge on any atom is 0.224 e. The normalized spacial score (nSPS) is 15.5. The van der Waals surface area contributed by atoms with E-state index in [1.165, 1.54) is 6.92 Å². The molecule has 2 rings (SSSR count). The monoisotopic (exact) mass is 381 g/mol. The lowest BCUT2D eigenvalue weighted by molar-refractivity contribution is -0.132. The Labute approximate surface area is 146 Å². The molecular formula is C17H24BrN3O2. The summed E-state index contributed by atoms with van der Waals surface area (Å²) in [5.41, 5.74) is 0.809. The highest BCUT2D eigenvalue weighted by molar-refractivity contribution is 9.10. The van der Waals surface area contributed by atoms with Gasteiger partial charge in [0.15, 0.2) is 0 Å². The summed E-state index contributed by atoms with van der Waals surface area (Å²) < 4.78 is 0.860. The summed E-state index contributed by atoms with van der Waals surface area (Å²) in [7, 11) is 0. The van der Waals surface area contributed by atoms with E-state index in [0.717, 1.165) is 42.9 Å². The van der Waals surface area contributed by atoms with E-state index < -0.39 is 0 Å². The molecule has 1 heterocycles. The van der Waals surface area contributed by atoms with Crippen LogP contribution in [0.1, 0.15) is 20.3 Å². The van der Waals surface area contributed by atoms with Gasteiger partial charge in [-0.2, -0.15) is 0 Å². The molecule has 1 aromatic rings. The molecule has 0 saturated carbocycles. The van der Waals surface area contributed by atoms with Gasteiger partial charge in [0, 0.05) is 50.5 Å². The zero-order valence-electron chi connectivity index (χ0n) is 13.8. The number of benzene rings is 1. The van der Waals surface area contributed by atoms with Crippen molar-refractivity contribution in [3.8, 4) is 0 Å². The summed E-state index contributed by atoms with van der Waals surface area (Å²) in [6.07, 6.45) is 0.354. The molecule has 1 fully saturated rings. The van der Waals surface area contributed by atoms with E-state index in [-0.39, 0.29) is 11.8 Å². The Hall–Kier alpha value is -1.40. The van der Waals surface area contributed by atoms with Crippen LogP contribution in [-0.2, 0) is 9.59 Å². The SMILES string of the molecule is CCN1CCN(C(=O)CCN(C(C)=O)c2ccccc2Br)CC1. The first kappa shape index (κ1) is 17.9. The molecule has 0 atom stereocenters. The van der Waals surface area contributed by atoms with Crippen LogP contribution in [0.4, 0.5) is 5.69 Å². The smallest absolute Gasteiger partial charge is 0.224 e. The topological polar surface area (TPSA) is 43.9 Å². The van der Waals surface area contributed by atoms with Crippen LogP contribution < -0.4 is 4.90 Å². The largest absolute Gasteiger partial charge is 0.340 e. The van der Waals surface area contributed by atoms with Crippen molar-refractivity contribution in [2.75, 3.05) is 44.2 Å². The standard InChI is InChI=1S/C17H24BrN3O2/c1-3-19-10-12-20(13-11-19)17(23)8-9-21(14(2)22)16-7-5-4-6-15(16)18/h4-7H,3,8-13H2,1-2H3. The van der Waals surface area contributed by atoms with Gasteiger partial charge in [-0.15, -0.1) is 0 Å². The quantitative estimate of drug-likeness (QED) is 0.786. The molecule has 0 spiro atoms. The van der Waals surface area contributed by atoms with Crippen LogP contribution in [0.3, 0.4) is 0 Å². The van der Waals surface area contributed by atoms with Gasteiger partial charge in [-0.3, -0.25) is 9.59 Å². The van der Waals surface area contributed by atoms with Crippen molar-refractivity contribution in [1.29, 1.82) is 0 Å². The summed E-state index contributed by atoms with van der Waals surface area (Å²) in [5.74, 6) is 0.0690. The fourth-order valence-corrected chi connectivity index (χ4v) is 3.30. The third kappa shape index (κ3) is 4.78. The molecule has 0 aliphatic carbocycles. The van der Waals surface area contributed by atoms with E-state index in [1.807, 2.05) is 29.2 Å². The Bertz CT molecular complexity index is 557. The number of hydrogen-bond acceptors (Lipinski definition) is 3. The van der Waals surface area contributed by atoms with Crippen molar-refractivity contribution >= 4 is 33.4 Å². The number of anilines is 1. The van der Waals surface area contributed by atoms with Crippen molar-refractivity contribution in [3.63, 3.8) is 0 Å². The van der Waals surface area contributed by atoms with Gasteiger partial charge >= 0.3 is 0 Å². The molecule has 0 N–H and O–H groups in total. The minimum absolute atomic E-state index is 0.0551. The number of carbonyl (C=O) groups is 2. The van der Waals surface area contributed by atoms with Gasteiger partial charge in [0.2, 0.25) is 11.8 Å². The minimum atomic E-state index is -0.0551. The van der Waals surface area contributed by atoms with Crippen LogP contribution in [0.15, 0.2) is 28.7 Å². The molecular weight excluding hydrogens is 358 g/mol.